The number of nitrogens with one attached hydrogen (secondary N) is 1. The molecule has 0 fully saturated rings. The summed E-state index contributed by atoms with van der Waals surface area (Å²) >= 11 is 0. The van der Waals surface area contributed by atoms with Crippen LogP contribution in [0.15, 0.2) is 48.6 Å². The zero-order valence-electron chi connectivity index (χ0n) is 54.5. The van der Waals surface area contributed by atoms with Crippen molar-refractivity contribution in [3.63, 3.8) is 0 Å². The zero-order valence-corrected chi connectivity index (χ0v) is 54.5. The minimum Gasteiger partial charge on any atom is -0.466 e. The third-order valence-electron chi connectivity index (χ3n) is 16.9. The van der Waals surface area contributed by atoms with Crippen LogP contribution in [-0.4, -0.2) is 47.4 Å². The average molecular weight is 1140 g/mol. The summed E-state index contributed by atoms with van der Waals surface area (Å²) in [5.74, 6) is -0.0261. The second-order valence-electron chi connectivity index (χ2n) is 24.9. The van der Waals surface area contributed by atoms with Gasteiger partial charge in [0.15, 0.2) is 0 Å². The summed E-state index contributed by atoms with van der Waals surface area (Å²) in [5.41, 5.74) is 0. The number of hydrogen-bond acceptors (Lipinski definition) is 5. The molecular weight excluding hydrogens is 995 g/mol. The molecule has 0 aliphatic carbocycles. The molecule has 0 heterocycles. The van der Waals surface area contributed by atoms with Gasteiger partial charge in [-0.05, 0) is 89.9 Å². The summed E-state index contributed by atoms with van der Waals surface area (Å²) in [4.78, 5) is 24.6. The highest BCUT2D eigenvalue weighted by Gasteiger charge is 2.20. The molecule has 0 rings (SSSR count). The smallest absolute Gasteiger partial charge is 0.305 e. The van der Waals surface area contributed by atoms with Crippen molar-refractivity contribution in [3.05, 3.63) is 48.6 Å². The summed E-state index contributed by atoms with van der Waals surface area (Å²) in [7, 11) is 0. The molecule has 476 valence electrons. The standard InChI is InChI=1S/C75H141NO5/c1-3-5-7-9-11-13-15-17-19-36-41-45-49-53-57-61-65-69-75(80)81-70-66-62-58-54-50-46-42-38-35-33-31-29-27-25-23-21-22-24-26-28-30-32-34-37-40-44-48-52-56-60-64-68-74(79)76-72(71-77)73(78)67-63-59-55-51-47-43-39-20-18-16-14-12-10-8-6-4-2/h11,13,17,19,23,25,29,31,72-73,77-78H,3-10,12,14-16,18,20-22,24,26-28,30,32-71H2,1-2H3,(H,76,79)/b13-11-,19-17-,25-23-,31-29-. The fourth-order valence-corrected chi connectivity index (χ4v) is 11.3. The summed E-state index contributed by atoms with van der Waals surface area (Å²) in [6, 6.07) is -0.542. The van der Waals surface area contributed by atoms with E-state index in [1.54, 1.807) is 0 Å². The summed E-state index contributed by atoms with van der Waals surface area (Å²) in [6.07, 6.45) is 91.7. The topological polar surface area (TPSA) is 95.9 Å². The molecule has 2 unspecified atom stereocenters. The molecule has 0 aromatic heterocycles. The molecule has 0 aromatic carbocycles. The molecule has 0 aromatic rings. The Labute approximate surface area is 506 Å². The van der Waals surface area contributed by atoms with E-state index in [-0.39, 0.29) is 18.5 Å². The third-order valence-corrected chi connectivity index (χ3v) is 16.9. The Kier molecular flexibility index (Phi) is 68.4. The highest BCUT2D eigenvalue weighted by atomic mass is 16.5. The first-order valence-electron chi connectivity index (χ1n) is 36.4. The number of rotatable bonds is 68. The molecule has 3 N–H and O–H groups in total. The molecule has 0 aliphatic rings. The Morgan fingerprint density at radius 3 is 0.963 bits per heavy atom. The van der Waals surface area contributed by atoms with E-state index in [9.17, 15) is 19.8 Å². The maximum absolute atomic E-state index is 12.5. The molecule has 2 atom stereocenters. The first-order valence-corrected chi connectivity index (χ1v) is 36.4. The number of carbonyl (C=O) groups excluding carboxylic acids is 2. The third kappa shape index (κ3) is 66.8. The van der Waals surface area contributed by atoms with Crippen LogP contribution in [0.4, 0.5) is 0 Å². The van der Waals surface area contributed by atoms with E-state index in [2.05, 4.69) is 67.8 Å². The number of ether oxygens (including phenoxy) is 1. The van der Waals surface area contributed by atoms with Gasteiger partial charge in [0.1, 0.15) is 0 Å². The Bertz CT molecular complexity index is 1360. The normalized spacial score (nSPS) is 12.8. The molecule has 1 amide bonds. The summed E-state index contributed by atoms with van der Waals surface area (Å²) in [5, 5.41) is 23.4. The number of carbonyl (C=O) groups is 2. The molecule has 0 radical (unpaired) electrons. The predicted octanol–water partition coefficient (Wildman–Crippen LogP) is 23.6. The van der Waals surface area contributed by atoms with Gasteiger partial charge in [0.2, 0.25) is 5.91 Å². The van der Waals surface area contributed by atoms with Crippen LogP contribution in [0.3, 0.4) is 0 Å². The van der Waals surface area contributed by atoms with Crippen molar-refractivity contribution in [3.8, 4) is 0 Å². The number of unbranched alkanes of at least 4 members (excludes halogenated alkanes) is 49. The quantitative estimate of drug-likeness (QED) is 0.0320. The monoisotopic (exact) mass is 1140 g/mol. The van der Waals surface area contributed by atoms with Crippen molar-refractivity contribution in [2.75, 3.05) is 13.2 Å². The van der Waals surface area contributed by atoms with Crippen molar-refractivity contribution in [1.82, 2.24) is 5.32 Å². The van der Waals surface area contributed by atoms with Crippen LogP contribution in [-0.2, 0) is 14.3 Å². The molecule has 81 heavy (non-hydrogen) atoms. The van der Waals surface area contributed by atoms with Crippen LogP contribution in [0.2, 0.25) is 0 Å². The lowest BCUT2D eigenvalue weighted by molar-refractivity contribution is -0.143. The summed E-state index contributed by atoms with van der Waals surface area (Å²) in [6.45, 7) is 4.95. The van der Waals surface area contributed by atoms with E-state index in [0.29, 0.717) is 25.9 Å². The zero-order chi connectivity index (χ0) is 58.5. The highest BCUT2D eigenvalue weighted by molar-refractivity contribution is 5.76. The van der Waals surface area contributed by atoms with Gasteiger partial charge < -0.3 is 20.3 Å². The molecule has 6 heteroatoms. The van der Waals surface area contributed by atoms with Gasteiger partial charge in [0, 0.05) is 12.8 Å². The molecule has 0 bridgehead atoms. The van der Waals surface area contributed by atoms with Crippen molar-refractivity contribution < 1.29 is 24.5 Å². The number of aliphatic hydroxyl groups is 2. The SMILES string of the molecule is CCCCC/C=C\C/C=C\CCCCCCCCCC(=O)OCCCCCCCCCCC/C=C\C/C=C\CCCCCCCCCCCCCCCCCC(=O)NC(CO)C(O)CCCCCCCCCCCCCCCCCC. The molecule has 6 nitrogen and oxygen atoms in total. The lowest BCUT2D eigenvalue weighted by Crippen LogP contribution is -2.45. The largest absolute Gasteiger partial charge is 0.466 e. The first-order chi connectivity index (χ1) is 40.0. The Morgan fingerprint density at radius 1 is 0.346 bits per heavy atom. The fourth-order valence-electron chi connectivity index (χ4n) is 11.3. The Hall–Kier alpha value is -2.18. The van der Waals surface area contributed by atoms with E-state index in [1.165, 1.54) is 302 Å². The fraction of sp³-hybridized carbons (Fsp3) is 0.867. The Morgan fingerprint density at radius 2 is 0.617 bits per heavy atom. The second-order valence-corrected chi connectivity index (χ2v) is 24.9. The lowest BCUT2D eigenvalue weighted by atomic mass is 10.0. The predicted molar refractivity (Wildman–Crippen MR) is 356 cm³/mol. The molecule has 0 spiro atoms. The van der Waals surface area contributed by atoms with Crippen molar-refractivity contribution >= 4 is 11.9 Å². The van der Waals surface area contributed by atoms with Gasteiger partial charge >= 0.3 is 5.97 Å². The number of allylic oxidation sites excluding steroid dienone is 8. The minimum atomic E-state index is -0.664. The van der Waals surface area contributed by atoms with Gasteiger partial charge in [-0.25, -0.2) is 0 Å². The maximum Gasteiger partial charge on any atom is 0.305 e. The van der Waals surface area contributed by atoms with Gasteiger partial charge in [0.05, 0.1) is 25.4 Å². The number of amides is 1. The van der Waals surface area contributed by atoms with E-state index < -0.39 is 12.1 Å². The van der Waals surface area contributed by atoms with Crippen LogP contribution >= 0.6 is 0 Å². The number of esters is 1. The van der Waals surface area contributed by atoms with E-state index in [4.69, 9.17) is 4.74 Å². The molecule has 0 saturated heterocycles. The Balaban J connectivity index is 3.39. The highest BCUT2D eigenvalue weighted by Crippen LogP contribution is 2.18. The molecular formula is C75H141NO5. The van der Waals surface area contributed by atoms with Crippen molar-refractivity contribution in [1.29, 1.82) is 0 Å². The summed E-state index contributed by atoms with van der Waals surface area (Å²) < 4.78 is 5.49. The van der Waals surface area contributed by atoms with Gasteiger partial charge in [-0.15, -0.1) is 0 Å². The van der Waals surface area contributed by atoms with E-state index >= 15 is 0 Å². The minimum absolute atomic E-state index is 0.00562. The number of hydrogen-bond donors (Lipinski definition) is 3. The second kappa shape index (κ2) is 70.3. The average Bonchev–Trinajstić information content (AvgIpc) is 3.47. The van der Waals surface area contributed by atoms with Gasteiger partial charge in [-0.2, -0.15) is 0 Å². The van der Waals surface area contributed by atoms with Crippen molar-refractivity contribution in [2.24, 2.45) is 0 Å². The van der Waals surface area contributed by atoms with Crippen LogP contribution in [0, 0.1) is 0 Å². The molecule has 0 saturated carbocycles. The van der Waals surface area contributed by atoms with Gasteiger partial charge in [0.25, 0.3) is 0 Å². The van der Waals surface area contributed by atoms with Crippen molar-refractivity contribution in [2.45, 2.75) is 405 Å². The maximum atomic E-state index is 12.5. The van der Waals surface area contributed by atoms with E-state index in [0.717, 1.165) is 57.8 Å². The molecule has 0 aliphatic heterocycles. The van der Waals surface area contributed by atoms with Crippen LogP contribution < -0.4 is 5.32 Å². The van der Waals surface area contributed by atoms with Gasteiger partial charge in [-0.1, -0.05) is 339 Å². The van der Waals surface area contributed by atoms with Gasteiger partial charge in [-0.3, -0.25) is 9.59 Å². The van der Waals surface area contributed by atoms with Crippen LogP contribution in [0.25, 0.3) is 0 Å². The number of aliphatic hydroxyl groups excluding tert-OH is 2. The van der Waals surface area contributed by atoms with Crippen LogP contribution in [0.1, 0.15) is 393 Å². The lowest BCUT2D eigenvalue weighted by Gasteiger charge is -2.22. The van der Waals surface area contributed by atoms with Crippen LogP contribution in [0.5, 0.6) is 0 Å². The van der Waals surface area contributed by atoms with E-state index in [1.807, 2.05) is 0 Å². The first kappa shape index (κ1) is 78.8.